The zero-order valence-corrected chi connectivity index (χ0v) is 16.8. The highest BCUT2D eigenvalue weighted by Gasteiger charge is 2.17. The van der Waals surface area contributed by atoms with Crippen molar-refractivity contribution in [2.45, 2.75) is 19.9 Å². The molecule has 2 aromatic heterocycles. The minimum atomic E-state index is -0.414. The first-order chi connectivity index (χ1) is 14.7. The van der Waals surface area contributed by atoms with Crippen LogP contribution in [0.2, 0.25) is 0 Å². The molecule has 4 heteroatoms. The lowest BCUT2D eigenvalue weighted by Crippen LogP contribution is -2.11. The maximum Gasteiger partial charge on any atom is 0.249 e. The van der Waals surface area contributed by atoms with Gasteiger partial charge < -0.3 is 14.7 Å². The smallest absolute Gasteiger partial charge is 0.249 e. The summed E-state index contributed by atoms with van der Waals surface area (Å²) in [6.45, 7) is 2.87. The number of carbonyl (C=O) groups is 1. The summed E-state index contributed by atoms with van der Waals surface area (Å²) in [6.07, 6.45) is 2.67. The molecule has 148 valence electrons. The van der Waals surface area contributed by atoms with Crippen molar-refractivity contribution in [2.24, 2.45) is 5.73 Å². The van der Waals surface area contributed by atoms with E-state index in [9.17, 15) is 4.79 Å². The first-order valence-electron chi connectivity index (χ1n) is 10.1. The SMILES string of the molecule is CCc1cccc(Cn2c3cc(-c4ccco4)ccc3c3c(C(N)=O)cccc32)c1. The highest BCUT2D eigenvalue weighted by Crippen LogP contribution is 2.35. The van der Waals surface area contributed by atoms with Crippen LogP contribution < -0.4 is 5.73 Å². The van der Waals surface area contributed by atoms with Gasteiger partial charge in [0.05, 0.1) is 17.3 Å². The van der Waals surface area contributed by atoms with Gasteiger partial charge in [0, 0.05) is 28.4 Å². The van der Waals surface area contributed by atoms with Gasteiger partial charge in [0.25, 0.3) is 0 Å². The van der Waals surface area contributed by atoms with Crippen molar-refractivity contribution in [1.29, 1.82) is 0 Å². The van der Waals surface area contributed by atoms with Crippen LogP contribution in [-0.2, 0) is 13.0 Å². The number of nitrogens with zero attached hydrogens (tertiary/aromatic N) is 1. The van der Waals surface area contributed by atoms with E-state index in [4.69, 9.17) is 10.2 Å². The van der Waals surface area contributed by atoms with Crippen LogP contribution in [0.5, 0.6) is 0 Å². The summed E-state index contributed by atoms with van der Waals surface area (Å²) in [6, 6.07) is 24.4. The number of aryl methyl sites for hydroxylation is 1. The van der Waals surface area contributed by atoms with Crippen LogP contribution in [0.15, 0.2) is 83.5 Å². The highest BCUT2D eigenvalue weighted by molar-refractivity contribution is 6.18. The number of hydrogen-bond donors (Lipinski definition) is 1. The largest absolute Gasteiger partial charge is 0.464 e. The molecule has 3 aromatic carbocycles. The van der Waals surface area contributed by atoms with Crippen LogP contribution >= 0.6 is 0 Å². The minimum absolute atomic E-state index is 0.414. The van der Waals surface area contributed by atoms with Crippen LogP contribution in [0.25, 0.3) is 33.1 Å². The molecule has 0 aliphatic heterocycles. The maximum absolute atomic E-state index is 12.2. The van der Waals surface area contributed by atoms with Gasteiger partial charge >= 0.3 is 0 Å². The lowest BCUT2D eigenvalue weighted by Gasteiger charge is -2.10. The number of amides is 1. The van der Waals surface area contributed by atoms with E-state index in [0.29, 0.717) is 12.1 Å². The van der Waals surface area contributed by atoms with E-state index in [1.807, 2.05) is 24.3 Å². The number of benzene rings is 3. The average molecular weight is 394 g/mol. The fourth-order valence-corrected chi connectivity index (χ4v) is 4.25. The number of hydrogen-bond acceptors (Lipinski definition) is 2. The number of nitrogens with two attached hydrogens (primary N) is 1. The number of rotatable bonds is 5. The Labute approximate surface area is 174 Å². The second-order valence-corrected chi connectivity index (χ2v) is 7.53. The van der Waals surface area contributed by atoms with Crippen LogP contribution in [-0.4, -0.2) is 10.5 Å². The highest BCUT2D eigenvalue weighted by atomic mass is 16.3. The summed E-state index contributed by atoms with van der Waals surface area (Å²) in [5, 5.41) is 1.92. The van der Waals surface area contributed by atoms with Crippen LogP contribution in [0, 0.1) is 0 Å². The third-order valence-corrected chi connectivity index (χ3v) is 5.70. The molecular weight excluding hydrogens is 372 g/mol. The molecule has 2 heterocycles. The zero-order valence-electron chi connectivity index (χ0n) is 16.8. The fourth-order valence-electron chi connectivity index (χ4n) is 4.25. The predicted octanol–water partition coefficient (Wildman–Crippen LogP) is 5.76. The Morgan fingerprint density at radius 3 is 2.53 bits per heavy atom. The van der Waals surface area contributed by atoms with Gasteiger partial charge in [-0.05, 0) is 47.9 Å². The standard InChI is InChI=1S/C26H22N2O2/c1-2-17-6-3-7-18(14-17)16-28-22-9-4-8-21(26(27)29)25(22)20-12-11-19(15-23(20)28)24-10-5-13-30-24/h3-15H,2,16H2,1H3,(H2,27,29). The monoisotopic (exact) mass is 394 g/mol. The molecule has 2 N–H and O–H groups in total. The minimum Gasteiger partial charge on any atom is -0.464 e. The fraction of sp³-hybridized carbons (Fsp3) is 0.115. The Bertz CT molecular complexity index is 1380. The molecule has 0 radical (unpaired) electrons. The summed E-state index contributed by atoms with van der Waals surface area (Å²) >= 11 is 0. The lowest BCUT2D eigenvalue weighted by molar-refractivity contribution is 0.100. The molecule has 0 fully saturated rings. The molecule has 0 aliphatic carbocycles. The Hall–Kier alpha value is -3.79. The zero-order chi connectivity index (χ0) is 20.7. The Kier molecular flexibility index (Phi) is 4.40. The van der Waals surface area contributed by atoms with Gasteiger partial charge in [0.1, 0.15) is 5.76 Å². The van der Waals surface area contributed by atoms with Gasteiger partial charge in [-0.2, -0.15) is 0 Å². The topological polar surface area (TPSA) is 61.2 Å². The molecule has 5 aromatic rings. The first kappa shape index (κ1) is 18.3. The Morgan fingerprint density at radius 2 is 1.77 bits per heavy atom. The summed E-state index contributed by atoms with van der Waals surface area (Å²) < 4.78 is 7.87. The van der Waals surface area contributed by atoms with E-state index < -0.39 is 5.91 Å². The molecule has 0 spiro atoms. The van der Waals surface area contributed by atoms with E-state index in [2.05, 4.69) is 54.0 Å². The molecule has 4 nitrogen and oxygen atoms in total. The van der Waals surface area contributed by atoms with Crippen molar-refractivity contribution < 1.29 is 9.21 Å². The van der Waals surface area contributed by atoms with Crippen LogP contribution in [0.3, 0.4) is 0 Å². The molecule has 0 unspecified atom stereocenters. The molecular formula is C26H22N2O2. The normalized spacial score (nSPS) is 11.4. The second kappa shape index (κ2) is 7.23. The van der Waals surface area contributed by atoms with Gasteiger partial charge in [0.15, 0.2) is 0 Å². The second-order valence-electron chi connectivity index (χ2n) is 7.53. The lowest BCUT2D eigenvalue weighted by atomic mass is 10.0. The van der Waals surface area contributed by atoms with E-state index in [-0.39, 0.29) is 0 Å². The van der Waals surface area contributed by atoms with Crippen molar-refractivity contribution in [2.75, 3.05) is 0 Å². The molecule has 30 heavy (non-hydrogen) atoms. The predicted molar refractivity (Wildman–Crippen MR) is 121 cm³/mol. The van der Waals surface area contributed by atoms with Crippen LogP contribution in [0.1, 0.15) is 28.4 Å². The Morgan fingerprint density at radius 1 is 0.933 bits per heavy atom. The van der Waals surface area contributed by atoms with Crippen molar-refractivity contribution >= 4 is 27.7 Å². The van der Waals surface area contributed by atoms with Crippen molar-refractivity contribution in [3.8, 4) is 11.3 Å². The molecule has 0 atom stereocenters. The van der Waals surface area contributed by atoms with E-state index in [1.54, 1.807) is 12.3 Å². The van der Waals surface area contributed by atoms with Gasteiger partial charge in [0.2, 0.25) is 5.91 Å². The molecule has 0 saturated heterocycles. The molecule has 5 rings (SSSR count). The van der Waals surface area contributed by atoms with Crippen molar-refractivity contribution in [3.63, 3.8) is 0 Å². The summed E-state index contributed by atoms with van der Waals surface area (Å²) in [7, 11) is 0. The molecule has 0 saturated carbocycles. The number of fused-ring (bicyclic) bond motifs is 3. The number of aromatic nitrogens is 1. The third kappa shape index (κ3) is 2.98. The number of furan rings is 1. The summed E-state index contributed by atoms with van der Waals surface area (Å²) in [5.41, 5.74) is 11.8. The van der Waals surface area contributed by atoms with E-state index >= 15 is 0 Å². The third-order valence-electron chi connectivity index (χ3n) is 5.70. The van der Waals surface area contributed by atoms with Gasteiger partial charge in [-0.1, -0.05) is 49.4 Å². The first-order valence-corrected chi connectivity index (χ1v) is 10.1. The quantitative estimate of drug-likeness (QED) is 0.412. The molecule has 0 bridgehead atoms. The van der Waals surface area contributed by atoms with Crippen LogP contribution in [0.4, 0.5) is 0 Å². The van der Waals surface area contributed by atoms with Crippen molar-refractivity contribution in [3.05, 3.63) is 95.7 Å². The average Bonchev–Trinajstić information content (AvgIpc) is 3.41. The van der Waals surface area contributed by atoms with Crippen molar-refractivity contribution in [1.82, 2.24) is 4.57 Å². The molecule has 0 aliphatic rings. The summed E-state index contributed by atoms with van der Waals surface area (Å²) in [4.78, 5) is 12.2. The van der Waals surface area contributed by atoms with Gasteiger partial charge in [-0.25, -0.2) is 0 Å². The van der Waals surface area contributed by atoms with Gasteiger partial charge in [-0.3, -0.25) is 4.79 Å². The number of primary amides is 1. The summed E-state index contributed by atoms with van der Waals surface area (Å²) in [5.74, 6) is 0.402. The number of carbonyl (C=O) groups excluding carboxylic acids is 1. The maximum atomic E-state index is 12.2. The Balaban J connectivity index is 1.79. The van der Waals surface area contributed by atoms with Gasteiger partial charge in [-0.15, -0.1) is 0 Å². The molecule has 1 amide bonds. The van der Waals surface area contributed by atoms with E-state index in [1.165, 1.54) is 11.1 Å². The van der Waals surface area contributed by atoms with E-state index in [0.717, 1.165) is 39.6 Å².